The summed E-state index contributed by atoms with van der Waals surface area (Å²) in [6, 6.07) is 13.6. The first-order chi connectivity index (χ1) is 14.0. The predicted molar refractivity (Wildman–Crippen MR) is 110 cm³/mol. The Kier molecular flexibility index (Phi) is 4.66. The van der Waals surface area contributed by atoms with E-state index in [0.717, 1.165) is 0 Å². The molecule has 4 N–H and O–H groups in total. The molecule has 0 fully saturated rings. The Morgan fingerprint density at radius 2 is 1.97 bits per heavy atom. The molecule has 8 heteroatoms. The molecule has 0 unspecified atom stereocenters. The van der Waals surface area contributed by atoms with Crippen LogP contribution < -0.4 is 5.32 Å². The number of nitrogens with one attached hydrogen (secondary N) is 3. The molecule has 0 spiro atoms. The summed E-state index contributed by atoms with van der Waals surface area (Å²) in [5.41, 5.74) is 2.60. The Morgan fingerprint density at radius 3 is 2.72 bits per heavy atom. The molecule has 0 aliphatic heterocycles. The minimum Gasteiger partial charge on any atom is -0.494 e. The molecular weight excluding hydrogens is 370 g/mol. The van der Waals surface area contributed by atoms with Crippen molar-refractivity contribution in [1.82, 2.24) is 15.2 Å². The second-order valence-electron chi connectivity index (χ2n) is 6.44. The lowest BCUT2D eigenvalue weighted by Crippen LogP contribution is -2.07. The summed E-state index contributed by atoms with van der Waals surface area (Å²) < 4.78 is 0. The van der Waals surface area contributed by atoms with Gasteiger partial charge in [-0.05, 0) is 30.3 Å². The van der Waals surface area contributed by atoms with E-state index >= 15 is 0 Å². The molecule has 29 heavy (non-hydrogen) atoms. The molecule has 0 aliphatic rings. The maximum Gasteiger partial charge on any atom is 0.221 e. The van der Waals surface area contributed by atoms with Crippen molar-refractivity contribution in [3.8, 4) is 5.88 Å². The first-order valence-corrected chi connectivity index (χ1v) is 8.82. The van der Waals surface area contributed by atoms with Gasteiger partial charge in [0.05, 0.1) is 11.8 Å². The first-order valence-electron chi connectivity index (χ1n) is 8.82. The third-order valence-corrected chi connectivity index (χ3v) is 4.34. The normalized spacial score (nSPS) is 11.2. The van der Waals surface area contributed by atoms with Crippen LogP contribution in [-0.4, -0.2) is 38.2 Å². The Morgan fingerprint density at radius 1 is 1.14 bits per heavy atom. The Bertz CT molecular complexity index is 1240. The van der Waals surface area contributed by atoms with Crippen molar-refractivity contribution in [1.29, 1.82) is 0 Å². The maximum absolute atomic E-state index is 13.0. The van der Waals surface area contributed by atoms with Crippen molar-refractivity contribution in [2.75, 3.05) is 5.32 Å². The molecule has 4 aromatic rings. The van der Waals surface area contributed by atoms with E-state index in [1.165, 1.54) is 13.1 Å². The molecule has 0 aliphatic carbocycles. The fourth-order valence-electron chi connectivity index (χ4n) is 3.03. The number of hydrogen-bond acceptors (Lipinski definition) is 5. The lowest BCUT2D eigenvalue weighted by molar-refractivity contribution is -0.114. The van der Waals surface area contributed by atoms with Gasteiger partial charge in [-0.2, -0.15) is 5.10 Å². The quantitative estimate of drug-likeness (QED) is 0.309. The minimum atomic E-state index is -0.208. The fourth-order valence-corrected chi connectivity index (χ4v) is 3.03. The van der Waals surface area contributed by atoms with E-state index in [9.17, 15) is 14.7 Å². The summed E-state index contributed by atoms with van der Waals surface area (Å²) in [6.07, 6.45) is 3.08. The van der Waals surface area contributed by atoms with Crippen LogP contribution in [0, 0.1) is 0 Å². The average molecular weight is 387 g/mol. The zero-order chi connectivity index (χ0) is 20.4. The topological polar surface area (TPSA) is 123 Å². The Labute approximate surface area is 165 Å². The lowest BCUT2D eigenvalue weighted by Gasteiger charge is -2.06. The zero-order valence-corrected chi connectivity index (χ0v) is 15.4. The number of aromatic hydroxyl groups is 1. The number of hydrogen-bond donors (Lipinski definition) is 4. The van der Waals surface area contributed by atoms with E-state index in [1.807, 2.05) is 0 Å². The number of aliphatic imine (C=N–C) groups is 1. The fraction of sp³-hybridized carbons (Fsp3) is 0.0476. The monoisotopic (exact) mass is 387 g/mol. The van der Waals surface area contributed by atoms with Gasteiger partial charge in [0.1, 0.15) is 5.82 Å². The summed E-state index contributed by atoms with van der Waals surface area (Å²) in [7, 11) is 0. The number of ketones is 1. The van der Waals surface area contributed by atoms with Gasteiger partial charge in [0.15, 0.2) is 11.7 Å². The predicted octanol–water partition coefficient (Wildman–Crippen LogP) is 3.54. The third kappa shape index (κ3) is 3.77. The van der Waals surface area contributed by atoms with E-state index in [-0.39, 0.29) is 17.6 Å². The number of amides is 1. The molecule has 4 rings (SSSR count). The summed E-state index contributed by atoms with van der Waals surface area (Å²) in [5, 5.41) is 20.1. The van der Waals surface area contributed by atoms with Crippen LogP contribution in [0.1, 0.15) is 28.4 Å². The van der Waals surface area contributed by atoms with Crippen LogP contribution in [0.4, 0.5) is 11.5 Å². The number of fused-ring (bicyclic) bond motifs is 1. The number of aromatic nitrogens is 3. The van der Waals surface area contributed by atoms with E-state index in [2.05, 4.69) is 25.5 Å². The second kappa shape index (κ2) is 7.43. The van der Waals surface area contributed by atoms with Crippen LogP contribution in [0.2, 0.25) is 0 Å². The average Bonchev–Trinajstić information content (AvgIpc) is 3.32. The summed E-state index contributed by atoms with van der Waals surface area (Å²) >= 11 is 0. The molecule has 0 atom stereocenters. The highest BCUT2D eigenvalue weighted by Gasteiger charge is 2.15. The van der Waals surface area contributed by atoms with Gasteiger partial charge in [-0.3, -0.25) is 14.7 Å². The van der Waals surface area contributed by atoms with E-state index in [1.54, 1.807) is 54.7 Å². The molecule has 0 saturated carbocycles. The molecule has 8 nitrogen and oxygen atoms in total. The van der Waals surface area contributed by atoms with Gasteiger partial charge < -0.3 is 15.4 Å². The Balaban J connectivity index is 1.71. The first kappa shape index (κ1) is 18.2. The van der Waals surface area contributed by atoms with E-state index in [4.69, 9.17) is 0 Å². The summed E-state index contributed by atoms with van der Waals surface area (Å²) in [5.74, 6) is 0.0950. The molecule has 2 heterocycles. The third-order valence-electron chi connectivity index (χ3n) is 4.34. The number of carbonyl (C=O) groups excluding carboxylic acids is 2. The largest absolute Gasteiger partial charge is 0.494 e. The van der Waals surface area contributed by atoms with Crippen LogP contribution in [0.5, 0.6) is 5.88 Å². The minimum absolute atomic E-state index is 0.0412. The van der Waals surface area contributed by atoms with Gasteiger partial charge >= 0.3 is 0 Å². The van der Waals surface area contributed by atoms with Gasteiger partial charge in [0, 0.05) is 46.9 Å². The van der Waals surface area contributed by atoms with Gasteiger partial charge in [-0.1, -0.05) is 12.1 Å². The summed E-state index contributed by atoms with van der Waals surface area (Å²) in [6.45, 7) is 1.41. The molecule has 1 amide bonds. The SMILES string of the molecule is CC(=O)Nc1cccc(C(=O)c2ccc3[nH]c(O)c(/C=N/c4ccn[nH]4)c3c2)c1. The van der Waals surface area contributed by atoms with Crippen molar-refractivity contribution < 1.29 is 14.7 Å². The highest BCUT2D eigenvalue weighted by atomic mass is 16.3. The Hall–Kier alpha value is -4.20. The molecule has 2 aromatic carbocycles. The van der Waals surface area contributed by atoms with Gasteiger partial charge in [0.25, 0.3) is 0 Å². The smallest absolute Gasteiger partial charge is 0.221 e. The molecule has 2 aromatic heterocycles. The van der Waals surface area contributed by atoms with Gasteiger partial charge in [-0.25, -0.2) is 4.99 Å². The van der Waals surface area contributed by atoms with Crippen LogP contribution in [0.25, 0.3) is 10.9 Å². The number of H-pyrrole nitrogens is 2. The number of rotatable bonds is 5. The van der Waals surface area contributed by atoms with Crippen LogP contribution in [-0.2, 0) is 4.79 Å². The number of nitrogens with zero attached hydrogens (tertiary/aromatic N) is 2. The number of anilines is 1. The number of aromatic amines is 2. The van der Waals surface area contributed by atoms with Gasteiger partial charge in [0.2, 0.25) is 5.91 Å². The number of carbonyl (C=O) groups is 2. The van der Waals surface area contributed by atoms with Crippen molar-refractivity contribution in [3.63, 3.8) is 0 Å². The second-order valence-corrected chi connectivity index (χ2v) is 6.44. The van der Waals surface area contributed by atoms with Crippen LogP contribution in [0.15, 0.2) is 59.7 Å². The molecular formula is C21H17N5O3. The summed E-state index contributed by atoms with van der Waals surface area (Å²) in [4.78, 5) is 31.3. The highest BCUT2D eigenvalue weighted by Crippen LogP contribution is 2.28. The van der Waals surface area contributed by atoms with Crippen LogP contribution in [0.3, 0.4) is 0 Å². The van der Waals surface area contributed by atoms with Crippen LogP contribution >= 0.6 is 0 Å². The van der Waals surface area contributed by atoms with E-state index < -0.39 is 0 Å². The molecule has 0 saturated heterocycles. The van der Waals surface area contributed by atoms with Crippen molar-refractivity contribution >= 4 is 40.3 Å². The molecule has 0 radical (unpaired) electrons. The highest BCUT2D eigenvalue weighted by molar-refractivity contribution is 6.13. The maximum atomic E-state index is 13.0. The van der Waals surface area contributed by atoms with Crippen molar-refractivity contribution in [2.24, 2.45) is 4.99 Å². The van der Waals surface area contributed by atoms with E-state index in [0.29, 0.717) is 39.1 Å². The molecule has 144 valence electrons. The standard InChI is InChI=1S/C21H17N5O3/c1-12(27)24-15-4-2-3-13(9-15)20(28)14-5-6-18-16(10-14)17(21(29)25-18)11-22-19-7-8-23-26-19/h2-11,25,29H,1H3,(H,23,26)(H,24,27)/b22-11+. The molecule has 0 bridgehead atoms. The number of benzene rings is 2. The van der Waals surface area contributed by atoms with Gasteiger partial charge in [-0.15, -0.1) is 0 Å². The zero-order valence-electron chi connectivity index (χ0n) is 15.4. The lowest BCUT2D eigenvalue weighted by atomic mass is 10.0. The van der Waals surface area contributed by atoms with Crippen molar-refractivity contribution in [3.05, 3.63) is 71.4 Å². The van der Waals surface area contributed by atoms with Crippen molar-refractivity contribution in [2.45, 2.75) is 6.92 Å².